The molecule has 3 nitrogen and oxygen atoms in total. The van der Waals surface area contributed by atoms with Gasteiger partial charge in [0.25, 0.3) is 0 Å². The van der Waals surface area contributed by atoms with Crippen LogP contribution in [0.1, 0.15) is 30.6 Å². The number of carbonyl (C=O) groups excluding carboxylic acids is 1. The van der Waals surface area contributed by atoms with Gasteiger partial charge in [0, 0.05) is 27.3 Å². The van der Waals surface area contributed by atoms with Crippen LogP contribution in [0.25, 0.3) is 0 Å². The van der Waals surface area contributed by atoms with E-state index in [1.54, 1.807) is 11.3 Å². The molecular weight excluding hydrogens is 314 g/mol. The Bertz CT molecular complexity index is 401. The Balaban J connectivity index is 2.01. The summed E-state index contributed by atoms with van der Waals surface area (Å²) in [5.74, 6) is -0.141. The van der Waals surface area contributed by atoms with E-state index in [2.05, 4.69) is 32.3 Å². The highest BCUT2D eigenvalue weighted by molar-refractivity contribution is 9.10. The molecular formula is C13H18BrNO2S. The maximum absolute atomic E-state index is 11.5. The first kappa shape index (κ1) is 14.0. The minimum absolute atomic E-state index is 0.141. The average Bonchev–Trinajstić information content (AvgIpc) is 2.99. The molecule has 1 fully saturated rings. The molecule has 1 aromatic heterocycles. The van der Waals surface area contributed by atoms with Crippen LogP contribution < -0.4 is 0 Å². The van der Waals surface area contributed by atoms with Crippen molar-refractivity contribution in [2.24, 2.45) is 0 Å². The molecule has 5 heteroatoms. The summed E-state index contributed by atoms with van der Waals surface area (Å²) in [5, 5.41) is 2.08. The molecule has 1 aliphatic carbocycles. The quantitative estimate of drug-likeness (QED) is 0.774. The van der Waals surface area contributed by atoms with Crippen molar-refractivity contribution in [1.82, 2.24) is 4.90 Å². The Morgan fingerprint density at radius 3 is 2.83 bits per heavy atom. The molecule has 2 rings (SSSR count). The maximum atomic E-state index is 11.5. The number of halogens is 1. The van der Waals surface area contributed by atoms with Gasteiger partial charge in [-0.05, 0) is 34.8 Å². The zero-order chi connectivity index (χ0) is 13.0. The summed E-state index contributed by atoms with van der Waals surface area (Å²) < 4.78 is 5.91. The number of methoxy groups -OCH3 is 1. The monoisotopic (exact) mass is 331 g/mol. The molecule has 0 atom stereocenters. The van der Waals surface area contributed by atoms with E-state index in [9.17, 15) is 4.79 Å². The fourth-order valence-corrected chi connectivity index (χ4v) is 3.93. The van der Waals surface area contributed by atoms with Gasteiger partial charge in [-0.2, -0.15) is 0 Å². The van der Waals surface area contributed by atoms with Gasteiger partial charge < -0.3 is 4.74 Å². The fraction of sp³-hybridized carbons (Fsp3) is 0.615. The van der Waals surface area contributed by atoms with Gasteiger partial charge in [0.2, 0.25) is 0 Å². The molecule has 18 heavy (non-hydrogen) atoms. The van der Waals surface area contributed by atoms with Gasteiger partial charge in [0.15, 0.2) is 0 Å². The van der Waals surface area contributed by atoms with Gasteiger partial charge in [-0.25, -0.2) is 0 Å². The molecule has 1 heterocycles. The van der Waals surface area contributed by atoms with Crippen molar-refractivity contribution < 1.29 is 9.53 Å². The van der Waals surface area contributed by atoms with Crippen LogP contribution in [0, 0.1) is 0 Å². The van der Waals surface area contributed by atoms with Gasteiger partial charge in [-0.15, -0.1) is 11.3 Å². The van der Waals surface area contributed by atoms with E-state index >= 15 is 0 Å². The van der Waals surface area contributed by atoms with E-state index in [0.29, 0.717) is 12.6 Å². The van der Waals surface area contributed by atoms with Gasteiger partial charge in [-0.3, -0.25) is 9.69 Å². The second-order valence-electron chi connectivity index (χ2n) is 4.65. The molecule has 1 aromatic rings. The first-order valence-electron chi connectivity index (χ1n) is 6.23. The molecule has 0 radical (unpaired) electrons. The number of nitrogens with zero attached hydrogens (tertiary/aromatic N) is 1. The lowest BCUT2D eigenvalue weighted by atomic mass is 10.2. The Kier molecular flexibility index (Phi) is 5.21. The molecule has 0 saturated heterocycles. The lowest BCUT2D eigenvalue weighted by molar-refractivity contribution is -0.142. The molecule has 1 saturated carbocycles. The molecule has 0 amide bonds. The molecule has 0 unspecified atom stereocenters. The van der Waals surface area contributed by atoms with Crippen LogP contribution in [-0.2, 0) is 16.1 Å². The maximum Gasteiger partial charge on any atom is 0.319 e. The van der Waals surface area contributed by atoms with Gasteiger partial charge in [0.05, 0.1) is 13.7 Å². The van der Waals surface area contributed by atoms with Crippen LogP contribution in [0.5, 0.6) is 0 Å². The molecule has 0 bridgehead atoms. The van der Waals surface area contributed by atoms with Crippen molar-refractivity contribution in [3.63, 3.8) is 0 Å². The Hall–Kier alpha value is -0.390. The van der Waals surface area contributed by atoms with E-state index in [1.807, 2.05) is 0 Å². The van der Waals surface area contributed by atoms with Gasteiger partial charge in [-0.1, -0.05) is 12.8 Å². The first-order chi connectivity index (χ1) is 8.69. The summed E-state index contributed by atoms with van der Waals surface area (Å²) in [7, 11) is 1.46. The number of rotatable bonds is 5. The first-order valence-corrected chi connectivity index (χ1v) is 7.90. The van der Waals surface area contributed by atoms with Crippen molar-refractivity contribution in [2.75, 3.05) is 13.7 Å². The van der Waals surface area contributed by atoms with Gasteiger partial charge >= 0.3 is 5.97 Å². The largest absolute Gasteiger partial charge is 0.468 e. The highest BCUT2D eigenvalue weighted by Gasteiger charge is 2.25. The highest BCUT2D eigenvalue weighted by Crippen LogP contribution is 2.27. The van der Waals surface area contributed by atoms with Crippen molar-refractivity contribution in [3.05, 3.63) is 20.8 Å². The topological polar surface area (TPSA) is 29.5 Å². The van der Waals surface area contributed by atoms with Gasteiger partial charge in [0.1, 0.15) is 0 Å². The fourth-order valence-electron chi connectivity index (χ4n) is 2.45. The van der Waals surface area contributed by atoms with Crippen LogP contribution in [0.2, 0.25) is 0 Å². The normalized spacial score (nSPS) is 16.4. The van der Waals surface area contributed by atoms with Crippen LogP contribution in [0.15, 0.2) is 15.9 Å². The predicted molar refractivity (Wildman–Crippen MR) is 76.7 cm³/mol. The van der Waals surface area contributed by atoms with Crippen molar-refractivity contribution in [2.45, 2.75) is 38.3 Å². The third-order valence-electron chi connectivity index (χ3n) is 3.38. The van der Waals surface area contributed by atoms with E-state index in [-0.39, 0.29) is 5.97 Å². The summed E-state index contributed by atoms with van der Waals surface area (Å²) in [6.45, 7) is 1.24. The Morgan fingerprint density at radius 1 is 1.56 bits per heavy atom. The predicted octanol–water partition coefficient (Wildman–Crippen LogP) is 3.43. The average molecular weight is 332 g/mol. The summed E-state index contributed by atoms with van der Waals surface area (Å²) >= 11 is 5.20. The Morgan fingerprint density at radius 2 is 2.28 bits per heavy atom. The summed E-state index contributed by atoms with van der Waals surface area (Å²) in [6, 6.07) is 2.66. The summed E-state index contributed by atoms with van der Waals surface area (Å²) in [4.78, 5) is 15.1. The smallest absolute Gasteiger partial charge is 0.319 e. The molecule has 0 aromatic carbocycles. The van der Waals surface area contributed by atoms with E-state index in [4.69, 9.17) is 4.74 Å². The lowest BCUT2D eigenvalue weighted by Crippen LogP contribution is -2.37. The van der Waals surface area contributed by atoms with Crippen molar-refractivity contribution >= 4 is 33.2 Å². The molecule has 0 N–H and O–H groups in total. The standard InChI is InChI=1S/C13H18BrNO2S/c1-17-13(16)8-15(11-4-2-3-5-11)7-12-6-10(14)9-18-12/h6,9,11H,2-5,7-8H2,1H3. The third kappa shape index (κ3) is 3.80. The van der Waals surface area contributed by atoms with E-state index in [0.717, 1.165) is 11.0 Å². The summed E-state index contributed by atoms with van der Waals surface area (Å²) in [6.07, 6.45) is 4.94. The number of carbonyl (C=O) groups is 1. The zero-order valence-electron chi connectivity index (χ0n) is 10.5. The van der Waals surface area contributed by atoms with Crippen LogP contribution >= 0.6 is 27.3 Å². The second kappa shape index (κ2) is 6.68. The number of hydrogen-bond acceptors (Lipinski definition) is 4. The van der Waals surface area contributed by atoms with Crippen LogP contribution in [-0.4, -0.2) is 30.6 Å². The number of esters is 1. The van der Waals surface area contributed by atoms with Crippen molar-refractivity contribution in [3.8, 4) is 0 Å². The Labute approximate surface area is 120 Å². The van der Waals surface area contributed by atoms with Crippen molar-refractivity contribution in [1.29, 1.82) is 0 Å². The lowest BCUT2D eigenvalue weighted by Gasteiger charge is -2.27. The SMILES string of the molecule is COC(=O)CN(Cc1cc(Br)cs1)C1CCCC1. The second-order valence-corrected chi connectivity index (χ2v) is 6.56. The third-order valence-corrected chi connectivity index (χ3v) is 5.06. The molecule has 1 aliphatic rings. The number of hydrogen-bond donors (Lipinski definition) is 0. The molecule has 0 spiro atoms. The minimum Gasteiger partial charge on any atom is -0.468 e. The highest BCUT2D eigenvalue weighted by atomic mass is 79.9. The zero-order valence-corrected chi connectivity index (χ0v) is 12.9. The summed E-state index contributed by atoms with van der Waals surface area (Å²) in [5.41, 5.74) is 0. The minimum atomic E-state index is -0.141. The van der Waals surface area contributed by atoms with Crippen LogP contribution in [0.4, 0.5) is 0 Å². The number of thiophene rings is 1. The van der Waals surface area contributed by atoms with E-state index in [1.165, 1.54) is 37.7 Å². The van der Waals surface area contributed by atoms with Crippen LogP contribution in [0.3, 0.4) is 0 Å². The molecule has 100 valence electrons. The van der Waals surface area contributed by atoms with E-state index < -0.39 is 0 Å². The molecule has 0 aliphatic heterocycles. The number of ether oxygens (including phenoxy) is 1.